The number of hydrogen-bond donors (Lipinski definition) is 0. The molecule has 106 valence electrons. The molecule has 21 heavy (non-hydrogen) atoms. The van der Waals surface area contributed by atoms with Gasteiger partial charge in [0, 0.05) is 12.7 Å². The Bertz CT molecular complexity index is 778. The molecule has 0 bridgehead atoms. The first-order valence-corrected chi connectivity index (χ1v) is 6.64. The summed E-state index contributed by atoms with van der Waals surface area (Å²) in [5, 5.41) is 8.11. The van der Waals surface area contributed by atoms with Crippen LogP contribution in [0.15, 0.2) is 48.5 Å². The summed E-state index contributed by atoms with van der Waals surface area (Å²) in [6.07, 6.45) is -0.819. The fourth-order valence-electron chi connectivity index (χ4n) is 2.24. The number of Topliss-reactive ketones (excluding diaryl/α,β-unsaturated/α-hetero) is 1. The van der Waals surface area contributed by atoms with Gasteiger partial charge in [-0.1, -0.05) is 47.2 Å². The first kappa shape index (κ1) is 13.5. The number of carbonyl (C=O) groups excluding carboxylic acids is 1. The molecule has 0 amide bonds. The van der Waals surface area contributed by atoms with E-state index in [4.69, 9.17) is 4.74 Å². The number of benzene rings is 2. The zero-order valence-electron chi connectivity index (χ0n) is 11.9. The zero-order valence-corrected chi connectivity index (χ0v) is 11.9. The summed E-state index contributed by atoms with van der Waals surface area (Å²) in [5.41, 5.74) is 3.19. The van der Waals surface area contributed by atoms with Crippen molar-refractivity contribution in [1.82, 2.24) is 15.0 Å². The topological polar surface area (TPSA) is 57.0 Å². The molecule has 3 aromatic rings. The van der Waals surface area contributed by atoms with Crippen LogP contribution in [0.1, 0.15) is 22.1 Å². The Morgan fingerprint density at radius 2 is 1.86 bits per heavy atom. The van der Waals surface area contributed by atoms with Crippen LogP contribution < -0.4 is 0 Å². The second kappa shape index (κ2) is 5.46. The van der Waals surface area contributed by atoms with E-state index in [9.17, 15) is 4.79 Å². The molecule has 2 aromatic carbocycles. The number of aryl methyl sites for hydroxylation is 1. The fraction of sp³-hybridized carbons (Fsp3) is 0.188. The van der Waals surface area contributed by atoms with Crippen LogP contribution in [0.3, 0.4) is 0 Å². The molecule has 5 nitrogen and oxygen atoms in total. The van der Waals surface area contributed by atoms with E-state index in [0.717, 1.165) is 16.6 Å². The Balaban J connectivity index is 2.01. The lowest BCUT2D eigenvalue weighted by molar-refractivity contribution is 0.0307. The van der Waals surface area contributed by atoms with Crippen molar-refractivity contribution in [3.63, 3.8) is 0 Å². The van der Waals surface area contributed by atoms with Gasteiger partial charge < -0.3 is 4.74 Å². The molecular weight excluding hydrogens is 266 g/mol. The molecule has 0 aliphatic carbocycles. The van der Waals surface area contributed by atoms with Crippen molar-refractivity contribution in [1.29, 1.82) is 0 Å². The van der Waals surface area contributed by atoms with Gasteiger partial charge >= 0.3 is 0 Å². The number of ether oxygens (including phenoxy) is 1. The molecule has 0 aliphatic heterocycles. The minimum absolute atomic E-state index is 0.145. The predicted molar refractivity (Wildman–Crippen MR) is 79.1 cm³/mol. The highest BCUT2D eigenvalue weighted by molar-refractivity contribution is 5.98. The summed E-state index contributed by atoms with van der Waals surface area (Å²) in [7, 11) is 1.49. The number of ketones is 1. The zero-order chi connectivity index (χ0) is 14.8. The van der Waals surface area contributed by atoms with Crippen molar-refractivity contribution in [2.45, 2.75) is 13.2 Å². The molecule has 1 aromatic heterocycles. The number of aromatic nitrogens is 3. The SMILES string of the molecule is COC(C(=O)c1ccc(C)cc1)n1nnc2ccccc21. The van der Waals surface area contributed by atoms with Gasteiger partial charge in [-0.15, -0.1) is 5.10 Å². The number of hydrogen-bond acceptors (Lipinski definition) is 4. The summed E-state index contributed by atoms with van der Waals surface area (Å²) in [4.78, 5) is 12.6. The van der Waals surface area contributed by atoms with Crippen LogP contribution in [0.4, 0.5) is 0 Å². The van der Waals surface area contributed by atoms with E-state index >= 15 is 0 Å². The van der Waals surface area contributed by atoms with Gasteiger partial charge in [0.1, 0.15) is 5.52 Å². The lowest BCUT2D eigenvalue weighted by Gasteiger charge is -2.15. The van der Waals surface area contributed by atoms with E-state index in [1.54, 1.807) is 12.1 Å². The predicted octanol–water partition coefficient (Wildman–Crippen LogP) is 2.77. The number of nitrogens with zero attached hydrogens (tertiary/aromatic N) is 3. The Morgan fingerprint density at radius 3 is 2.57 bits per heavy atom. The molecule has 1 unspecified atom stereocenters. The Labute approximate surface area is 122 Å². The van der Waals surface area contributed by atoms with Gasteiger partial charge in [-0.2, -0.15) is 0 Å². The van der Waals surface area contributed by atoms with Gasteiger partial charge in [-0.3, -0.25) is 4.79 Å². The Kier molecular flexibility index (Phi) is 3.50. The van der Waals surface area contributed by atoms with Crippen LogP contribution in [-0.2, 0) is 4.74 Å². The lowest BCUT2D eigenvalue weighted by Crippen LogP contribution is -2.22. The third kappa shape index (κ3) is 2.43. The van der Waals surface area contributed by atoms with E-state index in [1.165, 1.54) is 11.8 Å². The number of carbonyl (C=O) groups is 1. The molecule has 0 radical (unpaired) electrons. The van der Waals surface area contributed by atoms with E-state index in [1.807, 2.05) is 43.3 Å². The summed E-state index contributed by atoms with van der Waals surface area (Å²) < 4.78 is 6.87. The largest absolute Gasteiger partial charge is 0.353 e. The van der Waals surface area contributed by atoms with Crippen LogP contribution in [0.2, 0.25) is 0 Å². The fourth-order valence-corrected chi connectivity index (χ4v) is 2.24. The number of rotatable bonds is 4. The van der Waals surface area contributed by atoms with Gasteiger partial charge in [-0.25, -0.2) is 4.68 Å². The van der Waals surface area contributed by atoms with Crippen molar-refractivity contribution in [3.8, 4) is 0 Å². The summed E-state index contributed by atoms with van der Waals surface area (Å²) in [5.74, 6) is -0.145. The normalized spacial score (nSPS) is 12.5. The quantitative estimate of drug-likeness (QED) is 0.690. The van der Waals surface area contributed by atoms with Crippen molar-refractivity contribution in [3.05, 3.63) is 59.7 Å². The number of methoxy groups -OCH3 is 1. The molecule has 0 saturated heterocycles. The average molecular weight is 281 g/mol. The third-order valence-electron chi connectivity index (χ3n) is 3.38. The van der Waals surface area contributed by atoms with Crippen molar-refractivity contribution in [2.24, 2.45) is 0 Å². The van der Waals surface area contributed by atoms with E-state index in [0.29, 0.717) is 5.56 Å². The summed E-state index contributed by atoms with van der Waals surface area (Å²) in [6, 6.07) is 14.9. The van der Waals surface area contributed by atoms with Gasteiger partial charge in [-0.05, 0) is 19.1 Å². The highest BCUT2D eigenvalue weighted by Gasteiger charge is 2.24. The highest BCUT2D eigenvalue weighted by atomic mass is 16.5. The minimum atomic E-state index is -0.819. The third-order valence-corrected chi connectivity index (χ3v) is 3.38. The van der Waals surface area contributed by atoms with Crippen LogP contribution in [-0.4, -0.2) is 27.9 Å². The second-order valence-corrected chi connectivity index (χ2v) is 4.84. The van der Waals surface area contributed by atoms with E-state index < -0.39 is 6.23 Å². The molecule has 1 atom stereocenters. The lowest BCUT2D eigenvalue weighted by atomic mass is 10.1. The van der Waals surface area contributed by atoms with Gasteiger partial charge in [0.05, 0.1) is 5.52 Å². The van der Waals surface area contributed by atoms with Crippen LogP contribution in [0, 0.1) is 6.92 Å². The van der Waals surface area contributed by atoms with Crippen LogP contribution >= 0.6 is 0 Å². The molecule has 0 N–H and O–H groups in total. The van der Waals surface area contributed by atoms with Crippen molar-refractivity contribution >= 4 is 16.8 Å². The monoisotopic (exact) mass is 281 g/mol. The molecule has 0 fully saturated rings. The molecule has 5 heteroatoms. The van der Waals surface area contributed by atoms with E-state index in [2.05, 4.69) is 10.3 Å². The first-order chi connectivity index (χ1) is 10.2. The van der Waals surface area contributed by atoms with Gasteiger partial charge in [0.15, 0.2) is 0 Å². The Morgan fingerprint density at radius 1 is 1.14 bits per heavy atom. The maximum atomic E-state index is 12.6. The minimum Gasteiger partial charge on any atom is -0.353 e. The molecule has 0 spiro atoms. The number of para-hydroxylation sites is 1. The molecule has 3 rings (SSSR count). The maximum Gasteiger partial charge on any atom is 0.215 e. The molecule has 0 saturated carbocycles. The smallest absolute Gasteiger partial charge is 0.215 e. The molecule has 0 aliphatic rings. The standard InChI is InChI=1S/C16H15N3O2/c1-11-7-9-12(10-8-11)15(20)16(21-2)19-14-6-4-3-5-13(14)17-18-19/h3-10,16H,1-2H3. The Hall–Kier alpha value is -2.53. The molecular formula is C16H15N3O2. The van der Waals surface area contributed by atoms with Crippen molar-refractivity contribution < 1.29 is 9.53 Å². The second-order valence-electron chi connectivity index (χ2n) is 4.84. The van der Waals surface area contributed by atoms with Crippen LogP contribution in [0.25, 0.3) is 11.0 Å². The summed E-state index contributed by atoms with van der Waals surface area (Å²) >= 11 is 0. The van der Waals surface area contributed by atoms with Gasteiger partial charge in [0.25, 0.3) is 0 Å². The maximum absolute atomic E-state index is 12.6. The number of fused-ring (bicyclic) bond motifs is 1. The van der Waals surface area contributed by atoms with Gasteiger partial charge in [0.2, 0.25) is 12.0 Å². The average Bonchev–Trinajstić information content (AvgIpc) is 2.93. The molecule has 1 heterocycles. The summed E-state index contributed by atoms with van der Waals surface area (Å²) in [6.45, 7) is 1.98. The van der Waals surface area contributed by atoms with E-state index in [-0.39, 0.29) is 5.78 Å². The first-order valence-electron chi connectivity index (χ1n) is 6.64. The van der Waals surface area contributed by atoms with Crippen LogP contribution in [0.5, 0.6) is 0 Å². The highest BCUT2D eigenvalue weighted by Crippen LogP contribution is 2.20. The van der Waals surface area contributed by atoms with Crippen molar-refractivity contribution in [2.75, 3.05) is 7.11 Å².